The number of morpholine rings is 1. The molecule has 12 heteroatoms. The maximum absolute atomic E-state index is 14.3. The van der Waals surface area contributed by atoms with Crippen molar-refractivity contribution in [1.29, 1.82) is 0 Å². The van der Waals surface area contributed by atoms with E-state index in [4.69, 9.17) is 4.74 Å². The highest BCUT2D eigenvalue weighted by Gasteiger charge is 2.30. The van der Waals surface area contributed by atoms with E-state index in [0.29, 0.717) is 42.1 Å². The molecule has 0 unspecified atom stereocenters. The molecule has 0 N–H and O–H groups in total. The van der Waals surface area contributed by atoms with Crippen LogP contribution >= 0.6 is 23.7 Å². The van der Waals surface area contributed by atoms with Crippen molar-refractivity contribution in [3.8, 4) is 0 Å². The molecule has 0 bridgehead atoms. The minimum Gasteiger partial charge on any atom is -0.379 e. The zero-order valence-electron chi connectivity index (χ0n) is 19.8. The number of halogens is 3. The van der Waals surface area contributed by atoms with E-state index in [0.717, 1.165) is 41.9 Å². The van der Waals surface area contributed by atoms with Crippen LogP contribution in [-0.4, -0.2) is 67.0 Å². The van der Waals surface area contributed by atoms with E-state index >= 15 is 0 Å². The van der Waals surface area contributed by atoms with Gasteiger partial charge < -0.3 is 4.74 Å². The predicted octanol–water partition coefficient (Wildman–Crippen LogP) is 4.02. The summed E-state index contributed by atoms with van der Waals surface area (Å²) < 4.78 is 33.8. The molecule has 0 radical (unpaired) electrons. The zero-order chi connectivity index (χ0) is 25.2. The second-order valence-corrected chi connectivity index (χ2v) is 9.67. The van der Waals surface area contributed by atoms with Gasteiger partial charge in [0.25, 0.3) is 5.91 Å². The van der Waals surface area contributed by atoms with Crippen molar-refractivity contribution in [2.45, 2.75) is 19.3 Å². The molecule has 0 saturated carbocycles. The normalized spacial score (nSPS) is 16.3. The Morgan fingerprint density at radius 1 is 1.05 bits per heavy atom. The lowest BCUT2D eigenvalue weighted by molar-refractivity contribution is -0.121. The van der Waals surface area contributed by atoms with E-state index in [1.165, 1.54) is 11.0 Å². The summed E-state index contributed by atoms with van der Waals surface area (Å²) in [5.74, 6) is -2.39. The molecular weight excluding hydrogens is 526 g/mol. The van der Waals surface area contributed by atoms with Gasteiger partial charge in [-0.15, -0.1) is 12.4 Å². The predicted molar refractivity (Wildman–Crippen MR) is 139 cm³/mol. The van der Waals surface area contributed by atoms with Crippen LogP contribution < -0.4 is 9.80 Å². The van der Waals surface area contributed by atoms with Crippen molar-refractivity contribution >= 4 is 62.5 Å². The third-order valence-corrected chi connectivity index (χ3v) is 7.29. The monoisotopic (exact) mass is 550 g/mol. The van der Waals surface area contributed by atoms with E-state index in [2.05, 4.69) is 9.88 Å². The van der Waals surface area contributed by atoms with Crippen LogP contribution in [0, 0.1) is 11.6 Å². The molecule has 2 aliphatic heterocycles. The Morgan fingerprint density at radius 3 is 2.41 bits per heavy atom. The molecule has 8 nitrogen and oxygen atoms in total. The number of hydrogen-bond acceptors (Lipinski definition) is 7. The molecule has 0 atom stereocenters. The van der Waals surface area contributed by atoms with E-state index < -0.39 is 11.6 Å². The number of imide groups is 1. The minimum atomic E-state index is -0.780. The number of thiazole rings is 1. The van der Waals surface area contributed by atoms with E-state index in [9.17, 15) is 23.2 Å². The SMILES string of the molecule is Cl.O=C(c1ccc(N2C(=O)CCC2=O)cc1)N(CCCN1CCOCC1)c1nc2c(F)cc(F)cc2s1. The first-order chi connectivity index (χ1) is 17.4. The van der Waals surface area contributed by atoms with Crippen molar-refractivity contribution in [2.24, 2.45) is 0 Å². The van der Waals surface area contributed by atoms with Crippen LogP contribution in [0.4, 0.5) is 19.6 Å². The van der Waals surface area contributed by atoms with Crippen molar-refractivity contribution < 1.29 is 27.9 Å². The molecule has 2 fully saturated rings. The van der Waals surface area contributed by atoms with Crippen LogP contribution in [-0.2, 0) is 14.3 Å². The Morgan fingerprint density at radius 2 is 1.73 bits per heavy atom. The van der Waals surface area contributed by atoms with Gasteiger partial charge in [0.15, 0.2) is 10.9 Å². The summed E-state index contributed by atoms with van der Waals surface area (Å²) in [6.45, 7) is 4.04. The first kappa shape index (κ1) is 27.1. The van der Waals surface area contributed by atoms with Gasteiger partial charge in [0, 0.05) is 50.7 Å². The van der Waals surface area contributed by atoms with E-state index in [-0.39, 0.29) is 53.6 Å². The van der Waals surface area contributed by atoms with Gasteiger partial charge in [0.1, 0.15) is 11.3 Å². The van der Waals surface area contributed by atoms with Gasteiger partial charge in [-0.25, -0.2) is 13.8 Å². The quantitative estimate of drug-likeness (QED) is 0.413. The van der Waals surface area contributed by atoms with Gasteiger partial charge in [0.2, 0.25) is 11.8 Å². The highest BCUT2D eigenvalue weighted by molar-refractivity contribution is 7.22. The summed E-state index contributed by atoms with van der Waals surface area (Å²) in [4.78, 5) is 46.8. The molecule has 3 amide bonds. The largest absolute Gasteiger partial charge is 0.379 e. The van der Waals surface area contributed by atoms with Gasteiger partial charge >= 0.3 is 0 Å². The van der Waals surface area contributed by atoms with Crippen molar-refractivity contribution in [3.05, 3.63) is 53.6 Å². The average Bonchev–Trinajstić information content (AvgIpc) is 3.45. The molecule has 0 aliphatic carbocycles. The summed E-state index contributed by atoms with van der Waals surface area (Å²) in [5.41, 5.74) is 0.759. The highest BCUT2D eigenvalue weighted by Crippen LogP contribution is 2.32. The topological polar surface area (TPSA) is 83.1 Å². The molecular formula is C25H25ClF2N4O4S. The number of fused-ring (bicyclic) bond motifs is 1. The Labute approximate surface area is 222 Å². The number of aromatic nitrogens is 1. The summed E-state index contributed by atoms with van der Waals surface area (Å²) in [6.07, 6.45) is 0.990. The smallest absolute Gasteiger partial charge is 0.260 e. The average molecular weight is 551 g/mol. The molecule has 5 rings (SSSR count). The summed E-state index contributed by atoms with van der Waals surface area (Å²) >= 11 is 1.05. The molecule has 3 aromatic rings. The Balaban J connectivity index is 0.00000320. The van der Waals surface area contributed by atoms with Crippen molar-refractivity contribution in [3.63, 3.8) is 0 Å². The van der Waals surface area contributed by atoms with Crippen LogP contribution in [0.2, 0.25) is 0 Å². The number of rotatable bonds is 7. The molecule has 0 spiro atoms. The number of amides is 3. The standard InChI is InChI=1S/C25H24F2N4O4S.ClH/c26-17-14-19(27)23-20(15-17)36-25(28-23)30(9-1-8-29-10-12-35-13-11-29)24(34)16-2-4-18(5-3-16)31-21(32)6-7-22(31)33;/h2-5,14-15H,1,6-13H2;1H. The molecule has 2 aromatic carbocycles. The molecule has 37 heavy (non-hydrogen) atoms. The molecule has 2 aliphatic rings. The summed E-state index contributed by atoms with van der Waals surface area (Å²) in [6, 6.07) is 8.21. The molecule has 3 heterocycles. The third-order valence-electron chi connectivity index (χ3n) is 6.26. The Bertz CT molecular complexity index is 1300. The number of benzene rings is 2. The Hall–Kier alpha value is -2.99. The fraction of sp³-hybridized carbons (Fsp3) is 0.360. The van der Waals surface area contributed by atoms with Gasteiger partial charge in [-0.05, 0) is 36.8 Å². The number of ether oxygens (including phenoxy) is 1. The van der Waals surface area contributed by atoms with Crippen molar-refractivity contribution in [1.82, 2.24) is 9.88 Å². The lowest BCUT2D eigenvalue weighted by Gasteiger charge is -2.27. The molecule has 1 aromatic heterocycles. The van der Waals surface area contributed by atoms with Gasteiger partial charge in [-0.1, -0.05) is 11.3 Å². The van der Waals surface area contributed by atoms with Crippen molar-refractivity contribution in [2.75, 3.05) is 49.2 Å². The van der Waals surface area contributed by atoms with Gasteiger partial charge in [-0.3, -0.25) is 29.1 Å². The fourth-order valence-electron chi connectivity index (χ4n) is 4.40. The second kappa shape index (κ2) is 11.6. The zero-order valence-corrected chi connectivity index (χ0v) is 21.5. The maximum Gasteiger partial charge on any atom is 0.260 e. The Kier molecular flexibility index (Phi) is 8.48. The number of carbonyl (C=O) groups is 3. The van der Waals surface area contributed by atoms with Crippen LogP contribution in [0.5, 0.6) is 0 Å². The first-order valence-corrected chi connectivity index (χ1v) is 12.6. The fourth-order valence-corrected chi connectivity index (χ4v) is 5.43. The first-order valence-electron chi connectivity index (χ1n) is 11.7. The minimum absolute atomic E-state index is 0. The van der Waals surface area contributed by atoms with E-state index in [1.807, 2.05) is 0 Å². The maximum atomic E-state index is 14.3. The lowest BCUT2D eigenvalue weighted by Crippen LogP contribution is -2.39. The number of hydrogen-bond donors (Lipinski definition) is 0. The van der Waals surface area contributed by atoms with Gasteiger partial charge in [0.05, 0.1) is 23.6 Å². The van der Waals surface area contributed by atoms with Crippen LogP contribution in [0.25, 0.3) is 10.2 Å². The number of carbonyl (C=O) groups excluding carboxylic acids is 3. The summed E-state index contributed by atoms with van der Waals surface area (Å²) in [7, 11) is 0. The van der Waals surface area contributed by atoms with Gasteiger partial charge in [-0.2, -0.15) is 0 Å². The molecule has 2 saturated heterocycles. The van der Waals surface area contributed by atoms with E-state index in [1.54, 1.807) is 24.3 Å². The summed E-state index contributed by atoms with van der Waals surface area (Å²) in [5, 5.41) is 0.274. The van der Waals surface area contributed by atoms with Crippen LogP contribution in [0.15, 0.2) is 36.4 Å². The second-order valence-electron chi connectivity index (χ2n) is 8.66. The van der Waals surface area contributed by atoms with Crippen LogP contribution in [0.1, 0.15) is 29.6 Å². The number of nitrogens with zero attached hydrogens (tertiary/aromatic N) is 4. The molecule has 196 valence electrons. The van der Waals surface area contributed by atoms with Crippen LogP contribution in [0.3, 0.4) is 0 Å². The third kappa shape index (κ3) is 5.80. The number of anilines is 2. The lowest BCUT2D eigenvalue weighted by atomic mass is 10.1. The highest BCUT2D eigenvalue weighted by atomic mass is 35.5.